The molecule has 3 N–H and O–H groups in total. The normalized spacial score (nSPS) is 44.7. The number of hydrogen-bond donors (Lipinski definition) is 2. The Morgan fingerprint density at radius 3 is 3.00 bits per heavy atom. The molecule has 2 nitrogen and oxygen atoms in total. The molecule has 1 saturated heterocycles. The maximum atomic E-state index is 5.50. The quantitative estimate of drug-likeness (QED) is 0.580. The van der Waals surface area contributed by atoms with Gasteiger partial charge in [0.2, 0.25) is 0 Å². The van der Waals surface area contributed by atoms with E-state index in [1.54, 1.807) is 0 Å². The molecular formula is C8H16N2. The fourth-order valence-corrected chi connectivity index (χ4v) is 2.33. The zero-order chi connectivity index (χ0) is 6.97. The van der Waals surface area contributed by atoms with Gasteiger partial charge in [0.25, 0.3) is 0 Å². The largest absolute Gasteiger partial charge is 0.330 e. The topological polar surface area (TPSA) is 38.0 Å². The summed E-state index contributed by atoms with van der Waals surface area (Å²) in [4.78, 5) is 0. The number of hydrogen-bond acceptors (Lipinski definition) is 2. The molecule has 58 valence electrons. The van der Waals surface area contributed by atoms with Crippen molar-refractivity contribution in [3.63, 3.8) is 0 Å². The van der Waals surface area contributed by atoms with E-state index in [1.165, 1.54) is 25.8 Å². The minimum atomic E-state index is 0.859. The van der Waals surface area contributed by atoms with Gasteiger partial charge >= 0.3 is 0 Å². The minimum Gasteiger partial charge on any atom is -0.330 e. The van der Waals surface area contributed by atoms with Crippen molar-refractivity contribution in [2.45, 2.75) is 25.3 Å². The molecule has 0 bridgehead atoms. The molecule has 0 aromatic carbocycles. The van der Waals surface area contributed by atoms with Crippen molar-refractivity contribution in [2.24, 2.45) is 17.6 Å². The van der Waals surface area contributed by atoms with Gasteiger partial charge in [0.05, 0.1) is 0 Å². The van der Waals surface area contributed by atoms with Gasteiger partial charge in [0.1, 0.15) is 0 Å². The van der Waals surface area contributed by atoms with Crippen molar-refractivity contribution in [2.75, 3.05) is 13.1 Å². The first-order chi connectivity index (χ1) is 4.93. The van der Waals surface area contributed by atoms with E-state index in [2.05, 4.69) is 5.32 Å². The molecular weight excluding hydrogens is 124 g/mol. The first kappa shape index (κ1) is 6.62. The Morgan fingerprint density at radius 2 is 2.40 bits per heavy atom. The van der Waals surface area contributed by atoms with Crippen LogP contribution in [0.25, 0.3) is 0 Å². The Bertz CT molecular complexity index is 112. The minimum absolute atomic E-state index is 0.859. The molecule has 0 aromatic heterocycles. The molecule has 1 saturated carbocycles. The van der Waals surface area contributed by atoms with Crippen molar-refractivity contribution in [1.82, 2.24) is 5.32 Å². The maximum absolute atomic E-state index is 5.50. The van der Waals surface area contributed by atoms with Gasteiger partial charge in [0, 0.05) is 6.04 Å². The Kier molecular flexibility index (Phi) is 1.66. The summed E-state index contributed by atoms with van der Waals surface area (Å²) in [5.41, 5.74) is 5.50. The Balaban J connectivity index is 1.82. The van der Waals surface area contributed by atoms with Crippen LogP contribution in [0.4, 0.5) is 0 Å². The molecule has 1 aliphatic heterocycles. The molecule has 3 atom stereocenters. The molecule has 2 heteroatoms. The van der Waals surface area contributed by atoms with Gasteiger partial charge in [-0.1, -0.05) is 0 Å². The number of fused-ring (bicyclic) bond motifs is 1. The molecule has 0 amide bonds. The standard InChI is InChI=1S/C8H16N2/c9-4-3-7-6-2-1-5-10-8(6)7/h6-8,10H,1-5,9H2/t6-,7?,8-/m1/s1. The van der Waals surface area contributed by atoms with E-state index < -0.39 is 0 Å². The van der Waals surface area contributed by atoms with Gasteiger partial charge in [-0.3, -0.25) is 0 Å². The number of rotatable bonds is 2. The third-order valence-corrected chi connectivity index (χ3v) is 2.93. The lowest BCUT2D eigenvalue weighted by Crippen LogP contribution is -2.24. The van der Waals surface area contributed by atoms with Crippen molar-refractivity contribution >= 4 is 0 Å². The molecule has 1 aliphatic carbocycles. The summed E-state index contributed by atoms with van der Waals surface area (Å²) in [5, 5.41) is 3.54. The smallest absolute Gasteiger partial charge is 0.0130 e. The maximum Gasteiger partial charge on any atom is 0.0130 e. The SMILES string of the molecule is NCCC1[C@H]2CCCN[C@@H]12. The Morgan fingerprint density at radius 1 is 1.50 bits per heavy atom. The summed E-state index contributed by atoms with van der Waals surface area (Å²) in [6, 6.07) is 0.859. The van der Waals surface area contributed by atoms with E-state index in [0.29, 0.717) is 0 Å². The number of nitrogens with one attached hydrogen (secondary N) is 1. The van der Waals surface area contributed by atoms with Gasteiger partial charge in [-0.2, -0.15) is 0 Å². The summed E-state index contributed by atoms with van der Waals surface area (Å²) in [5.74, 6) is 1.93. The fraction of sp³-hybridized carbons (Fsp3) is 1.00. The molecule has 2 rings (SSSR count). The van der Waals surface area contributed by atoms with Gasteiger partial charge in [-0.25, -0.2) is 0 Å². The van der Waals surface area contributed by atoms with E-state index >= 15 is 0 Å². The predicted molar refractivity (Wildman–Crippen MR) is 41.7 cm³/mol. The van der Waals surface area contributed by atoms with E-state index in [4.69, 9.17) is 5.73 Å². The molecule has 0 aromatic rings. The lowest BCUT2D eigenvalue weighted by molar-refractivity contribution is 0.504. The summed E-state index contributed by atoms with van der Waals surface area (Å²) >= 11 is 0. The van der Waals surface area contributed by atoms with Gasteiger partial charge in [-0.15, -0.1) is 0 Å². The van der Waals surface area contributed by atoms with Crippen LogP contribution in [0.3, 0.4) is 0 Å². The fourth-order valence-electron chi connectivity index (χ4n) is 2.33. The van der Waals surface area contributed by atoms with Crippen LogP contribution < -0.4 is 11.1 Å². The average molecular weight is 140 g/mol. The molecule has 0 spiro atoms. The second kappa shape index (κ2) is 2.51. The van der Waals surface area contributed by atoms with Crippen molar-refractivity contribution < 1.29 is 0 Å². The average Bonchev–Trinajstić information content (AvgIpc) is 2.66. The van der Waals surface area contributed by atoms with Crippen LogP contribution in [0.5, 0.6) is 0 Å². The monoisotopic (exact) mass is 140 g/mol. The lowest BCUT2D eigenvalue weighted by atomic mass is 10.1. The zero-order valence-electron chi connectivity index (χ0n) is 6.34. The van der Waals surface area contributed by atoms with Crippen molar-refractivity contribution in [3.8, 4) is 0 Å². The summed E-state index contributed by atoms with van der Waals surface area (Å²) < 4.78 is 0. The van der Waals surface area contributed by atoms with Crippen LogP contribution in [0.2, 0.25) is 0 Å². The third kappa shape index (κ3) is 0.956. The highest BCUT2D eigenvalue weighted by Gasteiger charge is 2.49. The summed E-state index contributed by atoms with van der Waals surface area (Å²) in [7, 11) is 0. The molecule has 1 unspecified atom stereocenters. The number of piperidine rings is 1. The lowest BCUT2D eigenvalue weighted by Gasteiger charge is -2.08. The van der Waals surface area contributed by atoms with Crippen LogP contribution in [0, 0.1) is 11.8 Å². The first-order valence-electron chi connectivity index (χ1n) is 4.37. The Hall–Kier alpha value is -0.0800. The van der Waals surface area contributed by atoms with Crippen molar-refractivity contribution in [1.29, 1.82) is 0 Å². The van der Waals surface area contributed by atoms with Crippen LogP contribution in [0.1, 0.15) is 19.3 Å². The number of nitrogens with two attached hydrogens (primary N) is 1. The first-order valence-corrected chi connectivity index (χ1v) is 4.37. The van der Waals surface area contributed by atoms with E-state index in [-0.39, 0.29) is 0 Å². The summed E-state index contributed by atoms with van der Waals surface area (Å²) in [6.07, 6.45) is 4.06. The van der Waals surface area contributed by atoms with Crippen LogP contribution in [-0.4, -0.2) is 19.1 Å². The highest BCUT2D eigenvalue weighted by atomic mass is 15.0. The Labute approximate surface area is 62.2 Å². The second-order valence-corrected chi connectivity index (χ2v) is 3.53. The van der Waals surface area contributed by atoms with Crippen LogP contribution in [0.15, 0.2) is 0 Å². The molecule has 2 aliphatic rings. The van der Waals surface area contributed by atoms with Gasteiger partial charge in [-0.05, 0) is 44.2 Å². The molecule has 1 heterocycles. The third-order valence-electron chi connectivity index (χ3n) is 2.93. The van der Waals surface area contributed by atoms with Gasteiger partial charge < -0.3 is 11.1 Å². The molecule has 10 heavy (non-hydrogen) atoms. The van der Waals surface area contributed by atoms with E-state index in [9.17, 15) is 0 Å². The van der Waals surface area contributed by atoms with Gasteiger partial charge in [0.15, 0.2) is 0 Å². The van der Waals surface area contributed by atoms with Crippen LogP contribution >= 0.6 is 0 Å². The van der Waals surface area contributed by atoms with Crippen molar-refractivity contribution in [3.05, 3.63) is 0 Å². The highest BCUT2D eigenvalue weighted by molar-refractivity contribution is 5.04. The highest BCUT2D eigenvalue weighted by Crippen LogP contribution is 2.46. The van der Waals surface area contributed by atoms with Crippen LogP contribution in [-0.2, 0) is 0 Å². The van der Waals surface area contributed by atoms with E-state index in [1.807, 2.05) is 0 Å². The second-order valence-electron chi connectivity index (χ2n) is 3.53. The molecule has 2 fully saturated rings. The molecule has 0 radical (unpaired) electrons. The predicted octanol–water partition coefficient (Wildman–Crippen LogP) is 0.333. The van der Waals surface area contributed by atoms with E-state index in [0.717, 1.165) is 24.4 Å². The zero-order valence-corrected chi connectivity index (χ0v) is 6.34. The summed E-state index contributed by atoms with van der Waals surface area (Å²) in [6.45, 7) is 2.11.